The summed E-state index contributed by atoms with van der Waals surface area (Å²) in [6, 6.07) is 7.58. The molecule has 1 aromatic heterocycles. The van der Waals surface area contributed by atoms with Gasteiger partial charge in [0.05, 0.1) is 23.4 Å². The molecule has 0 spiro atoms. The van der Waals surface area contributed by atoms with Gasteiger partial charge in [-0.25, -0.2) is 4.98 Å². The average molecular weight is 291 g/mol. The van der Waals surface area contributed by atoms with Crippen molar-refractivity contribution in [3.05, 3.63) is 29.3 Å². The maximum atomic E-state index is 11.9. The van der Waals surface area contributed by atoms with Gasteiger partial charge < -0.3 is 10.5 Å². The van der Waals surface area contributed by atoms with Crippen LogP contribution in [0.15, 0.2) is 24.3 Å². The van der Waals surface area contributed by atoms with Gasteiger partial charge in [-0.05, 0) is 19.1 Å². The Balaban J connectivity index is 1.99. The molecule has 106 valence electrons. The summed E-state index contributed by atoms with van der Waals surface area (Å²) in [5.74, 6) is -0.349. The third-order valence-electron chi connectivity index (χ3n) is 3.56. The molecular weight excluding hydrogens is 274 g/mol. The topological polar surface area (TPSA) is 68.5 Å². The molecule has 2 aromatic rings. The number of benzene rings is 1. The van der Waals surface area contributed by atoms with Crippen molar-refractivity contribution < 1.29 is 9.53 Å². The number of aromatic nitrogens is 1. The number of nitrogens with two attached hydrogens (primary N) is 1. The average Bonchev–Trinajstić information content (AvgIpc) is 2.84. The Morgan fingerprint density at radius 3 is 3.05 bits per heavy atom. The first-order valence-electron chi connectivity index (χ1n) is 6.65. The summed E-state index contributed by atoms with van der Waals surface area (Å²) in [6.07, 6.45) is 0. The molecule has 1 saturated heterocycles. The molecular formula is C14H17N3O2S. The molecule has 1 aromatic carbocycles. The van der Waals surface area contributed by atoms with Crippen molar-refractivity contribution in [1.82, 2.24) is 9.88 Å². The molecule has 1 fully saturated rings. The molecule has 0 bridgehead atoms. The zero-order chi connectivity index (χ0) is 14.1. The van der Waals surface area contributed by atoms with Gasteiger partial charge in [-0.15, -0.1) is 11.3 Å². The van der Waals surface area contributed by atoms with E-state index in [4.69, 9.17) is 10.5 Å². The number of para-hydroxylation sites is 1. The monoisotopic (exact) mass is 291 g/mol. The maximum Gasteiger partial charge on any atom is 0.241 e. The summed E-state index contributed by atoms with van der Waals surface area (Å²) in [5, 5.41) is 0.771. The van der Waals surface area contributed by atoms with Crippen molar-refractivity contribution in [2.75, 3.05) is 19.8 Å². The zero-order valence-electron chi connectivity index (χ0n) is 11.3. The van der Waals surface area contributed by atoms with Crippen LogP contribution in [0.3, 0.4) is 0 Å². The standard InChI is InChI=1S/C14H17N3O2S/c1-9-8-19-7-6-17(9)12(13(15)18)14-16-10-4-2-3-5-11(10)20-14/h2-5,9,12H,6-8H2,1H3,(H2,15,18)/t9-,12?/m0/s1. The van der Waals surface area contributed by atoms with E-state index >= 15 is 0 Å². The molecule has 3 rings (SSSR count). The number of ether oxygens (including phenoxy) is 1. The van der Waals surface area contributed by atoms with Crippen LogP contribution in [0, 0.1) is 0 Å². The Morgan fingerprint density at radius 1 is 1.55 bits per heavy atom. The molecule has 1 aliphatic rings. The fraction of sp³-hybridized carbons (Fsp3) is 0.429. The Labute approximate surface area is 121 Å². The lowest BCUT2D eigenvalue weighted by Gasteiger charge is -2.36. The number of fused-ring (bicyclic) bond motifs is 1. The highest BCUT2D eigenvalue weighted by Gasteiger charge is 2.33. The van der Waals surface area contributed by atoms with E-state index in [-0.39, 0.29) is 11.9 Å². The van der Waals surface area contributed by atoms with E-state index in [2.05, 4.69) is 9.88 Å². The molecule has 0 aliphatic carbocycles. The van der Waals surface area contributed by atoms with Crippen LogP contribution in [0.4, 0.5) is 0 Å². The fourth-order valence-corrected chi connectivity index (χ4v) is 3.65. The van der Waals surface area contributed by atoms with Gasteiger partial charge in [0.25, 0.3) is 0 Å². The summed E-state index contributed by atoms with van der Waals surface area (Å²) < 4.78 is 6.50. The minimum absolute atomic E-state index is 0.160. The molecule has 20 heavy (non-hydrogen) atoms. The molecule has 2 atom stereocenters. The van der Waals surface area contributed by atoms with E-state index in [0.29, 0.717) is 19.8 Å². The largest absolute Gasteiger partial charge is 0.379 e. The molecule has 1 amide bonds. The lowest BCUT2D eigenvalue weighted by atomic mass is 10.1. The first-order valence-corrected chi connectivity index (χ1v) is 7.47. The summed E-state index contributed by atoms with van der Waals surface area (Å²) in [4.78, 5) is 18.6. The van der Waals surface area contributed by atoms with E-state index in [9.17, 15) is 4.79 Å². The lowest BCUT2D eigenvalue weighted by molar-refractivity contribution is -0.127. The van der Waals surface area contributed by atoms with Crippen molar-refractivity contribution in [2.45, 2.75) is 19.0 Å². The van der Waals surface area contributed by atoms with Crippen LogP contribution in [0.2, 0.25) is 0 Å². The number of carbonyl (C=O) groups is 1. The van der Waals surface area contributed by atoms with Crippen molar-refractivity contribution in [3.8, 4) is 0 Å². The molecule has 6 heteroatoms. The quantitative estimate of drug-likeness (QED) is 0.931. The van der Waals surface area contributed by atoms with E-state index in [0.717, 1.165) is 15.2 Å². The summed E-state index contributed by atoms with van der Waals surface area (Å²) in [5.41, 5.74) is 6.55. The van der Waals surface area contributed by atoms with Gasteiger partial charge in [0.2, 0.25) is 5.91 Å². The number of morpholine rings is 1. The third-order valence-corrected chi connectivity index (χ3v) is 4.65. The third kappa shape index (κ3) is 2.42. The normalized spacial score (nSPS) is 21.9. The Hall–Kier alpha value is -1.50. The summed E-state index contributed by atoms with van der Waals surface area (Å²) in [7, 11) is 0. The van der Waals surface area contributed by atoms with Gasteiger partial charge in [0.15, 0.2) is 0 Å². The van der Waals surface area contributed by atoms with E-state index < -0.39 is 6.04 Å². The minimum Gasteiger partial charge on any atom is -0.379 e. The summed E-state index contributed by atoms with van der Waals surface area (Å²) >= 11 is 1.53. The van der Waals surface area contributed by atoms with Crippen LogP contribution >= 0.6 is 11.3 Å². The van der Waals surface area contributed by atoms with E-state index in [1.165, 1.54) is 11.3 Å². The molecule has 0 saturated carbocycles. The minimum atomic E-state index is -0.466. The number of amides is 1. The number of hydrogen-bond acceptors (Lipinski definition) is 5. The molecule has 2 heterocycles. The van der Waals surface area contributed by atoms with Gasteiger partial charge in [-0.2, -0.15) is 0 Å². The Kier molecular flexibility index (Phi) is 3.69. The predicted molar refractivity (Wildman–Crippen MR) is 78.5 cm³/mol. The van der Waals surface area contributed by atoms with Crippen LogP contribution in [0.1, 0.15) is 18.0 Å². The molecule has 1 aliphatic heterocycles. The fourth-order valence-electron chi connectivity index (χ4n) is 2.56. The number of thiazole rings is 1. The predicted octanol–water partition coefficient (Wildman–Crippen LogP) is 1.54. The van der Waals surface area contributed by atoms with Crippen molar-refractivity contribution in [3.63, 3.8) is 0 Å². The van der Waals surface area contributed by atoms with Crippen LogP contribution in [0.5, 0.6) is 0 Å². The smallest absolute Gasteiger partial charge is 0.241 e. The van der Waals surface area contributed by atoms with Crippen molar-refractivity contribution in [1.29, 1.82) is 0 Å². The van der Waals surface area contributed by atoms with Gasteiger partial charge >= 0.3 is 0 Å². The summed E-state index contributed by atoms with van der Waals surface area (Å²) in [6.45, 7) is 3.99. The highest BCUT2D eigenvalue weighted by molar-refractivity contribution is 7.18. The second-order valence-electron chi connectivity index (χ2n) is 4.99. The Bertz CT molecular complexity index is 595. The highest BCUT2D eigenvalue weighted by atomic mass is 32.1. The van der Waals surface area contributed by atoms with Gasteiger partial charge in [-0.1, -0.05) is 12.1 Å². The number of primary amides is 1. The second kappa shape index (κ2) is 5.47. The number of hydrogen-bond donors (Lipinski definition) is 1. The lowest BCUT2D eigenvalue weighted by Crippen LogP contribution is -2.49. The first kappa shape index (κ1) is 13.5. The second-order valence-corrected chi connectivity index (χ2v) is 6.05. The SMILES string of the molecule is C[C@H]1COCCN1C(C(N)=O)c1nc2ccccc2s1. The maximum absolute atomic E-state index is 11.9. The van der Waals surface area contributed by atoms with Gasteiger partial charge in [0.1, 0.15) is 11.0 Å². The van der Waals surface area contributed by atoms with Crippen LogP contribution in [-0.4, -0.2) is 41.6 Å². The first-order chi connectivity index (χ1) is 9.66. The highest BCUT2D eigenvalue weighted by Crippen LogP contribution is 2.31. The molecule has 1 unspecified atom stereocenters. The van der Waals surface area contributed by atoms with Gasteiger partial charge in [-0.3, -0.25) is 9.69 Å². The molecule has 0 radical (unpaired) electrons. The molecule has 5 nitrogen and oxygen atoms in total. The number of carbonyl (C=O) groups excluding carboxylic acids is 1. The number of nitrogens with zero attached hydrogens (tertiary/aromatic N) is 2. The van der Waals surface area contributed by atoms with Gasteiger partial charge in [0, 0.05) is 12.6 Å². The van der Waals surface area contributed by atoms with E-state index in [1.54, 1.807) is 0 Å². The zero-order valence-corrected chi connectivity index (χ0v) is 12.1. The van der Waals surface area contributed by atoms with Crippen LogP contribution in [0.25, 0.3) is 10.2 Å². The van der Waals surface area contributed by atoms with Crippen LogP contribution in [-0.2, 0) is 9.53 Å². The van der Waals surface area contributed by atoms with E-state index in [1.807, 2.05) is 31.2 Å². The molecule has 2 N–H and O–H groups in total. The van der Waals surface area contributed by atoms with Crippen molar-refractivity contribution >= 4 is 27.5 Å². The van der Waals surface area contributed by atoms with Crippen LogP contribution < -0.4 is 5.73 Å². The Morgan fingerprint density at radius 2 is 2.35 bits per heavy atom. The van der Waals surface area contributed by atoms with Crippen molar-refractivity contribution in [2.24, 2.45) is 5.73 Å². The number of rotatable bonds is 3.